The molecule has 11 aromatic carbocycles. The fourth-order valence-electron chi connectivity index (χ4n) is 11.4. The Labute approximate surface area is 357 Å². The molecule has 0 spiro atoms. The van der Waals surface area contributed by atoms with Crippen LogP contribution < -0.4 is 0 Å². The van der Waals surface area contributed by atoms with Gasteiger partial charge in [0.2, 0.25) is 5.95 Å². The number of para-hydroxylation sites is 2. The molecule has 1 aliphatic rings. The van der Waals surface area contributed by atoms with Gasteiger partial charge in [0.05, 0.1) is 22.2 Å². The highest BCUT2D eigenvalue weighted by molar-refractivity contribution is 6.39. The molecule has 0 bridgehead atoms. The first-order valence-corrected chi connectivity index (χ1v) is 21.6. The van der Waals surface area contributed by atoms with E-state index in [0.717, 1.165) is 33.2 Å². The lowest BCUT2D eigenvalue weighted by Gasteiger charge is -2.23. The summed E-state index contributed by atoms with van der Waals surface area (Å²) < 4.78 is 2.32. The third-order valence-corrected chi connectivity index (χ3v) is 14.1. The van der Waals surface area contributed by atoms with Crippen molar-refractivity contribution in [3.05, 3.63) is 199 Å². The molecule has 13 aromatic rings. The smallest absolute Gasteiger partial charge is 0.235 e. The maximum Gasteiger partial charge on any atom is 0.235 e. The second kappa shape index (κ2) is 12.1. The van der Waals surface area contributed by atoms with Crippen LogP contribution in [0.1, 0.15) is 25.0 Å². The minimum absolute atomic E-state index is 0.135. The topological polar surface area (TPSA) is 30.7 Å². The fourth-order valence-corrected chi connectivity index (χ4v) is 11.4. The molecule has 1 aliphatic carbocycles. The molecule has 0 radical (unpaired) electrons. The number of benzene rings is 11. The van der Waals surface area contributed by atoms with Gasteiger partial charge in [-0.3, -0.25) is 4.57 Å². The highest BCUT2D eigenvalue weighted by Gasteiger charge is 2.37. The van der Waals surface area contributed by atoms with E-state index in [1.807, 2.05) is 0 Å². The number of aromatic nitrogens is 3. The summed E-state index contributed by atoms with van der Waals surface area (Å²) in [7, 11) is 0. The van der Waals surface area contributed by atoms with E-state index in [0.29, 0.717) is 5.95 Å². The highest BCUT2D eigenvalue weighted by Crippen LogP contribution is 2.55. The molecule has 14 rings (SSSR count). The van der Waals surface area contributed by atoms with Crippen molar-refractivity contribution in [2.24, 2.45) is 0 Å². The SMILES string of the molecule is CC1(C)c2ccccc2-c2c1cc1c3cc4c(c5cccc(c6cccc2c61)c35)c1ccccc1n4-c1nc(-c2ccc(-c3cccc4ccccc34)cc2)c2ccccc2n1. The molecule has 288 valence electrons. The summed E-state index contributed by atoms with van der Waals surface area (Å²) >= 11 is 0. The number of fused-ring (bicyclic) bond motifs is 12. The fraction of sp³-hybridized carbons (Fsp3) is 0.0508. The Bertz CT molecular complexity index is 4050. The van der Waals surface area contributed by atoms with Gasteiger partial charge in [0.25, 0.3) is 0 Å². The predicted molar refractivity (Wildman–Crippen MR) is 261 cm³/mol. The van der Waals surface area contributed by atoms with Crippen LogP contribution in [0.25, 0.3) is 126 Å². The van der Waals surface area contributed by atoms with Crippen molar-refractivity contribution >= 4 is 86.6 Å². The van der Waals surface area contributed by atoms with Crippen molar-refractivity contribution < 1.29 is 0 Å². The summed E-state index contributed by atoms with van der Waals surface area (Å²) in [4.78, 5) is 10.9. The van der Waals surface area contributed by atoms with E-state index in [4.69, 9.17) is 9.97 Å². The van der Waals surface area contributed by atoms with Crippen molar-refractivity contribution in [2.75, 3.05) is 0 Å². The largest absolute Gasteiger partial charge is 0.278 e. The molecule has 62 heavy (non-hydrogen) atoms. The summed E-state index contributed by atoms with van der Waals surface area (Å²) in [5.74, 6) is 0.664. The zero-order chi connectivity index (χ0) is 40.8. The summed E-state index contributed by atoms with van der Waals surface area (Å²) in [5, 5.41) is 16.3. The zero-order valence-electron chi connectivity index (χ0n) is 34.2. The molecule has 0 saturated heterocycles. The van der Waals surface area contributed by atoms with Crippen LogP contribution in [0.4, 0.5) is 0 Å². The first-order chi connectivity index (χ1) is 30.5. The summed E-state index contributed by atoms with van der Waals surface area (Å²) in [6, 6.07) is 69.1. The minimum Gasteiger partial charge on any atom is -0.278 e. The molecular weight excluding hydrogens is 751 g/mol. The van der Waals surface area contributed by atoms with E-state index >= 15 is 0 Å². The molecule has 2 aromatic heterocycles. The standard InChI is InChI=1S/C59H37N3/c1-59(2)48-25-8-5-17-41(48)55-44-23-12-21-39-40-22-13-24-45-54(40)47(46(53(39)44)32-49(55)59)33-52-56(45)43-19-7-10-27-51(43)62(52)58-60-50-26-9-6-18-42(50)57(61-58)36-30-28-35(29-31-36)38-20-11-15-34-14-3-4-16-37(34)38/h3-33H,1-2H3. The van der Waals surface area contributed by atoms with Gasteiger partial charge in [-0.25, -0.2) is 9.97 Å². The maximum absolute atomic E-state index is 5.55. The molecule has 0 N–H and O–H groups in total. The number of rotatable bonds is 3. The molecule has 0 fully saturated rings. The van der Waals surface area contributed by atoms with Gasteiger partial charge in [-0.15, -0.1) is 0 Å². The summed E-state index contributed by atoms with van der Waals surface area (Å²) in [5.41, 5.74) is 12.9. The van der Waals surface area contributed by atoms with Crippen LogP contribution in [0.2, 0.25) is 0 Å². The first-order valence-electron chi connectivity index (χ1n) is 21.6. The molecule has 0 atom stereocenters. The molecule has 0 saturated carbocycles. The van der Waals surface area contributed by atoms with E-state index in [2.05, 4.69) is 206 Å². The number of hydrogen-bond donors (Lipinski definition) is 0. The number of hydrogen-bond acceptors (Lipinski definition) is 2. The van der Waals surface area contributed by atoms with Crippen LogP contribution in [-0.2, 0) is 5.41 Å². The highest BCUT2D eigenvalue weighted by atomic mass is 15.2. The van der Waals surface area contributed by atoms with Crippen LogP contribution in [0.15, 0.2) is 188 Å². The Morgan fingerprint density at radius 3 is 1.84 bits per heavy atom. The van der Waals surface area contributed by atoms with Crippen molar-refractivity contribution in [2.45, 2.75) is 19.3 Å². The lowest BCUT2D eigenvalue weighted by Crippen LogP contribution is -2.14. The van der Waals surface area contributed by atoms with Crippen LogP contribution in [0.5, 0.6) is 0 Å². The van der Waals surface area contributed by atoms with Crippen LogP contribution in [-0.4, -0.2) is 14.5 Å². The molecule has 3 heteroatoms. The molecule has 3 nitrogen and oxygen atoms in total. The summed E-state index contributed by atoms with van der Waals surface area (Å²) in [6.45, 7) is 4.78. The van der Waals surface area contributed by atoms with E-state index < -0.39 is 0 Å². The van der Waals surface area contributed by atoms with E-state index in [1.165, 1.54) is 98.0 Å². The normalized spacial score (nSPS) is 13.5. The molecule has 0 amide bonds. The third kappa shape index (κ3) is 4.39. The quantitative estimate of drug-likeness (QED) is 0.132. The van der Waals surface area contributed by atoms with Crippen molar-refractivity contribution in [3.8, 4) is 39.5 Å². The van der Waals surface area contributed by atoms with Gasteiger partial charge >= 0.3 is 0 Å². The van der Waals surface area contributed by atoms with Gasteiger partial charge in [-0.1, -0.05) is 178 Å². The van der Waals surface area contributed by atoms with Gasteiger partial charge in [-0.2, -0.15) is 0 Å². The van der Waals surface area contributed by atoms with Crippen LogP contribution >= 0.6 is 0 Å². The minimum atomic E-state index is -0.135. The molecule has 0 aliphatic heterocycles. The van der Waals surface area contributed by atoms with Gasteiger partial charge < -0.3 is 0 Å². The molecule has 0 unspecified atom stereocenters. The van der Waals surface area contributed by atoms with Crippen LogP contribution in [0.3, 0.4) is 0 Å². The average Bonchev–Trinajstić information content (AvgIpc) is 3.78. The maximum atomic E-state index is 5.55. The van der Waals surface area contributed by atoms with Gasteiger partial charge in [0.15, 0.2) is 0 Å². The van der Waals surface area contributed by atoms with Gasteiger partial charge in [-0.05, 0) is 112 Å². The lowest BCUT2D eigenvalue weighted by molar-refractivity contribution is 0.661. The molecular formula is C59H37N3. The first kappa shape index (κ1) is 33.9. The van der Waals surface area contributed by atoms with Crippen molar-refractivity contribution in [3.63, 3.8) is 0 Å². The second-order valence-electron chi connectivity index (χ2n) is 17.6. The van der Waals surface area contributed by atoms with E-state index in [9.17, 15) is 0 Å². The predicted octanol–water partition coefficient (Wildman–Crippen LogP) is 15.6. The van der Waals surface area contributed by atoms with E-state index in [1.54, 1.807) is 0 Å². The monoisotopic (exact) mass is 787 g/mol. The Kier molecular flexibility index (Phi) is 6.63. The van der Waals surface area contributed by atoms with Crippen molar-refractivity contribution in [1.82, 2.24) is 14.5 Å². The van der Waals surface area contributed by atoms with Gasteiger partial charge in [0, 0.05) is 27.1 Å². The Morgan fingerprint density at radius 2 is 0.984 bits per heavy atom. The number of nitrogens with zero attached hydrogens (tertiary/aromatic N) is 3. The Morgan fingerprint density at radius 1 is 0.387 bits per heavy atom. The Hall–Kier alpha value is -7.88. The van der Waals surface area contributed by atoms with E-state index in [-0.39, 0.29) is 5.41 Å². The lowest BCUT2D eigenvalue weighted by atomic mass is 9.80. The third-order valence-electron chi connectivity index (χ3n) is 14.1. The molecule has 2 heterocycles. The Balaban J connectivity index is 1.06. The van der Waals surface area contributed by atoms with Gasteiger partial charge in [0.1, 0.15) is 0 Å². The summed E-state index contributed by atoms with van der Waals surface area (Å²) in [6.07, 6.45) is 0. The van der Waals surface area contributed by atoms with Crippen LogP contribution in [0, 0.1) is 0 Å². The van der Waals surface area contributed by atoms with Crippen molar-refractivity contribution in [1.29, 1.82) is 0 Å². The average molecular weight is 788 g/mol. The second-order valence-corrected chi connectivity index (χ2v) is 17.6. The zero-order valence-corrected chi connectivity index (χ0v) is 34.2.